The highest BCUT2D eigenvalue weighted by Gasteiger charge is 2.06. The highest BCUT2D eigenvalue weighted by atomic mass is 14.2. The minimum absolute atomic E-state index is 0.687. The van der Waals surface area contributed by atoms with Crippen LogP contribution in [0, 0.1) is 18.3 Å². The van der Waals surface area contributed by atoms with Crippen molar-refractivity contribution in [2.75, 3.05) is 0 Å². The van der Waals surface area contributed by atoms with Crippen LogP contribution in [-0.4, -0.2) is 0 Å². The fourth-order valence-corrected chi connectivity index (χ4v) is 3.32. The molecule has 4 rings (SSSR count). The van der Waals surface area contributed by atoms with Crippen LogP contribution in [0.15, 0.2) is 84.9 Å². The van der Waals surface area contributed by atoms with E-state index in [1.54, 1.807) is 0 Å². The molecule has 0 atom stereocenters. The normalized spacial score (nSPS) is 10.6. The summed E-state index contributed by atoms with van der Waals surface area (Å²) < 4.78 is 0. The lowest BCUT2D eigenvalue weighted by molar-refractivity contribution is 1.48. The summed E-state index contributed by atoms with van der Waals surface area (Å²) in [6, 6.07) is 31.4. The molecule has 0 fully saturated rings. The topological polar surface area (TPSA) is 23.8 Å². The smallest absolute Gasteiger partial charge is 0.0991 e. The largest absolute Gasteiger partial charge is 0.192 e. The van der Waals surface area contributed by atoms with Crippen molar-refractivity contribution in [2.45, 2.75) is 6.92 Å². The summed E-state index contributed by atoms with van der Waals surface area (Å²) in [7, 11) is 0. The van der Waals surface area contributed by atoms with Gasteiger partial charge in [-0.2, -0.15) is 5.26 Å². The third-order valence-corrected chi connectivity index (χ3v) is 4.74. The molecule has 0 radical (unpaired) electrons. The first-order valence-corrected chi connectivity index (χ1v) is 8.35. The molecular formula is C24H17N. The third kappa shape index (κ3) is 2.79. The lowest BCUT2D eigenvalue weighted by Crippen LogP contribution is -1.86. The van der Waals surface area contributed by atoms with E-state index in [-0.39, 0.29) is 0 Å². The van der Waals surface area contributed by atoms with Crippen molar-refractivity contribution in [3.63, 3.8) is 0 Å². The van der Waals surface area contributed by atoms with Crippen LogP contribution in [-0.2, 0) is 0 Å². The Labute approximate surface area is 147 Å². The molecule has 0 bridgehead atoms. The lowest BCUT2D eigenvalue weighted by atomic mass is 9.94. The zero-order valence-corrected chi connectivity index (χ0v) is 14.0. The number of rotatable bonds is 2. The van der Waals surface area contributed by atoms with E-state index in [2.05, 4.69) is 73.7 Å². The van der Waals surface area contributed by atoms with Gasteiger partial charge >= 0.3 is 0 Å². The van der Waals surface area contributed by atoms with Crippen LogP contribution >= 0.6 is 0 Å². The van der Waals surface area contributed by atoms with Crippen LogP contribution in [0.25, 0.3) is 33.0 Å². The Morgan fingerprint density at radius 1 is 0.640 bits per heavy atom. The van der Waals surface area contributed by atoms with Crippen LogP contribution in [0.5, 0.6) is 0 Å². The quantitative estimate of drug-likeness (QED) is 0.422. The maximum absolute atomic E-state index is 8.91. The second kappa shape index (κ2) is 6.26. The molecule has 0 N–H and O–H groups in total. The Kier molecular flexibility index (Phi) is 3.80. The maximum atomic E-state index is 8.91. The molecule has 0 unspecified atom stereocenters. The van der Waals surface area contributed by atoms with Gasteiger partial charge in [0.25, 0.3) is 0 Å². The van der Waals surface area contributed by atoms with Crippen LogP contribution in [0.2, 0.25) is 0 Å². The van der Waals surface area contributed by atoms with Gasteiger partial charge in [-0.3, -0.25) is 0 Å². The first kappa shape index (κ1) is 15.2. The third-order valence-electron chi connectivity index (χ3n) is 4.74. The fraction of sp³-hybridized carbons (Fsp3) is 0.0417. The van der Waals surface area contributed by atoms with E-state index >= 15 is 0 Å². The van der Waals surface area contributed by atoms with E-state index in [9.17, 15) is 0 Å². The minimum atomic E-state index is 0.687. The highest BCUT2D eigenvalue weighted by molar-refractivity contribution is 5.91. The van der Waals surface area contributed by atoms with Gasteiger partial charge in [-0.15, -0.1) is 0 Å². The van der Waals surface area contributed by atoms with Crippen molar-refractivity contribution in [3.05, 3.63) is 96.1 Å². The maximum Gasteiger partial charge on any atom is 0.0991 e. The zero-order valence-electron chi connectivity index (χ0n) is 14.0. The van der Waals surface area contributed by atoms with Gasteiger partial charge < -0.3 is 0 Å². The average Bonchev–Trinajstić information content (AvgIpc) is 2.69. The van der Waals surface area contributed by atoms with E-state index in [1.807, 2.05) is 24.3 Å². The molecule has 0 amide bonds. The molecule has 0 aliphatic carbocycles. The van der Waals surface area contributed by atoms with Crippen LogP contribution in [0.1, 0.15) is 11.1 Å². The molecule has 0 aliphatic heterocycles. The molecular weight excluding hydrogens is 302 g/mol. The van der Waals surface area contributed by atoms with Gasteiger partial charge in [0, 0.05) is 0 Å². The molecule has 0 aromatic heterocycles. The van der Waals surface area contributed by atoms with Crippen molar-refractivity contribution < 1.29 is 0 Å². The number of nitrogens with zero attached hydrogens (tertiary/aromatic N) is 1. The van der Waals surface area contributed by atoms with Gasteiger partial charge in [-0.25, -0.2) is 0 Å². The van der Waals surface area contributed by atoms with Crippen molar-refractivity contribution in [2.24, 2.45) is 0 Å². The molecule has 1 heteroatoms. The second-order valence-corrected chi connectivity index (χ2v) is 6.23. The van der Waals surface area contributed by atoms with E-state index in [0.29, 0.717) is 5.56 Å². The summed E-state index contributed by atoms with van der Waals surface area (Å²) in [5.41, 5.74) is 6.77. The van der Waals surface area contributed by atoms with Crippen molar-refractivity contribution in [1.82, 2.24) is 0 Å². The Morgan fingerprint density at radius 3 is 1.92 bits per heavy atom. The van der Waals surface area contributed by atoms with E-state index < -0.39 is 0 Å². The SMILES string of the molecule is Cc1c(-c2ccc(-c3ccc(C#N)cc3)cc2)ccc2ccccc12. The fourth-order valence-electron chi connectivity index (χ4n) is 3.32. The average molecular weight is 319 g/mol. The summed E-state index contributed by atoms with van der Waals surface area (Å²) in [5.74, 6) is 0. The number of hydrogen-bond donors (Lipinski definition) is 0. The number of nitriles is 1. The molecule has 4 aromatic carbocycles. The highest BCUT2D eigenvalue weighted by Crippen LogP contribution is 2.31. The molecule has 0 spiro atoms. The Hall–Kier alpha value is -3.37. The first-order valence-electron chi connectivity index (χ1n) is 8.35. The molecule has 0 aliphatic rings. The number of fused-ring (bicyclic) bond motifs is 1. The molecule has 0 heterocycles. The predicted molar refractivity (Wildman–Crippen MR) is 104 cm³/mol. The van der Waals surface area contributed by atoms with Gasteiger partial charge in [0.2, 0.25) is 0 Å². The summed E-state index contributed by atoms with van der Waals surface area (Å²) in [5, 5.41) is 11.5. The zero-order chi connectivity index (χ0) is 17.2. The number of aryl methyl sites for hydroxylation is 1. The van der Waals surface area contributed by atoms with Crippen molar-refractivity contribution >= 4 is 10.8 Å². The van der Waals surface area contributed by atoms with Crippen LogP contribution in [0.4, 0.5) is 0 Å². The van der Waals surface area contributed by atoms with Crippen molar-refractivity contribution in [1.29, 1.82) is 5.26 Å². The summed E-state index contributed by atoms with van der Waals surface area (Å²) in [6.45, 7) is 2.19. The summed E-state index contributed by atoms with van der Waals surface area (Å²) >= 11 is 0. The van der Waals surface area contributed by atoms with Gasteiger partial charge in [-0.05, 0) is 57.6 Å². The Morgan fingerprint density at radius 2 is 1.24 bits per heavy atom. The number of benzene rings is 4. The first-order chi connectivity index (χ1) is 12.3. The van der Waals surface area contributed by atoms with E-state index in [0.717, 1.165) is 11.1 Å². The Balaban J connectivity index is 1.73. The van der Waals surface area contributed by atoms with E-state index in [4.69, 9.17) is 5.26 Å². The molecule has 4 aromatic rings. The van der Waals surface area contributed by atoms with E-state index in [1.165, 1.54) is 27.5 Å². The predicted octanol–water partition coefficient (Wildman–Crippen LogP) is 6.35. The van der Waals surface area contributed by atoms with Gasteiger partial charge in [0.1, 0.15) is 0 Å². The summed E-state index contributed by atoms with van der Waals surface area (Å²) in [4.78, 5) is 0. The molecule has 25 heavy (non-hydrogen) atoms. The lowest BCUT2D eigenvalue weighted by Gasteiger charge is -2.11. The summed E-state index contributed by atoms with van der Waals surface area (Å²) in [6.07, 6.45) is 0. The monoisotopic (exact) mass is 319 g/mol. The van der Waals surface area contributed by atoms with Gasteiger partial charge in [0.05, 0.1) is 11.6 Å². The Bertz CT molecular complexity index is 1080. The van der Waals surface area contributed by atoms with Gasteiger partial charge in [-0.1, -0.05) is 72.8 Å². The second-order valence-electron chi connectivity index (χ2n) is 6.23. The van der Waals surface area contributed by atoms with Crippen molar-refractivity contribution in [3.8, 4) is 28.3 Å². The standard InChI is InChI=1S/C24H17N/c1-17-23-5-3-2-4-21(23)14-15-24(17)22-12-10-20(11-13-22)19-8-6-18(16-25)7-9-19/h2-15H,1H3. The molecule has 0 saturated heterocycles. The van der Waals surface area contributed by atoms with Gasteiger partial charge in [0.15, 0.2) is 0 Å². The van der Waals surface area contributed by atoms with Crippen LogP contribution < -0.4 is 0 Å². The molecule has 0 saturated carbocycles. The molecule has 1 nitrogen and oxygen atoms in total. The van der Waals surface area contributed by atoms with Crippen LogP contribution in [0.3, 0.4) is 0 Å². The molecule has 118 valence electrons. The minimum Gasteiger partial charge on any atom is -0.192 e. The number of hydrogen-bond acceptors (Lipinski definition) is 1.